The molecular weight excluding hydrogens is 306 g/mol. The summed E-state index contributed by atoms with van der Waals surface area (Å²) in [6.45, 7) is 5.75. The Morgan fingerprint density at radius 2 is 2.00 bits per heavy atom. The van der Waals surface area contributed by atoms with Gasteiger partial charge in [-0.25, -0.2) is 0 Å². The minimum absolute atomic E-state index is 0.0629. The van der Waals surface area contributed by atoms with E-state index in [1.54, 1.807) is 0 Å². The van der Waals surface area contributed by atoms with Crippen LogP contribution in [0.4, 0.5) is 0 Å². The molecule has 1 N–H and O–H groups in total. The second kappa shape index (κ2) is 6.86. The zero-order chi connectivity index (χ0) is 16.4. The van der Waals surface area contributed by atoms with Gasteiger partial charge in [-0.3, -0.25) is 4.79 Å². The average molecular weight is 328 g/mol. The van der Waals surface area contributed by atoms with Crippen molar-refractivity contribution in [3.8, 4) is 11.1 Å². The number of nitrogens with one attached hydrogen (secondary N) is 1. The highest BCUT2D eigenvalue weighted by Gasteiger charge is 2.18. The van der Waals surface area contributed by atoms with Crippen LogP contribution in [-0.2, 0) is 24.2 Å². The molecule has 0 atom stereocenters. The molecule has 1 aliphatic rings. The van der Waals surface area contributed by atoms with Crippen LogP contribution in [0.3, 0.4) is 0 Å². The Hall–Kier alpha value is -1.64. The Morgan fingerprint density at radius 1 is 1.22 bits per heavy atom. The van der Waals surface area contributed by atoms with Crippen molar-refractivity contribution in [2.45, 2.75) is 33.2 Å². The zero-order valence-corrected chi connectivity index (χ0v) is 14.4. The first kappa shape index (κ1) is 16.2. The topological polar surface area (TPSA) is 29.1 Å². The Bertz CT molecular complexity index is 736. The van der Waals surface area contributed by atoms with Gasteiger partial charge in [0.25, 0.3) is 0 Å². The Kier molecular flexibility index (Phi) is 4.84. The highest BCUT2D eigenvalue weighted by atomic mass is 35.5. The molecule has 120 valence electrons. The van der Waals surface area contributed by atoms with E-state index in [0.717, 1.165) is 35.7 Å². The first-order valence-corrected chi connectivity index (χ1v) is 8.57. The molecule has 3 heteroatoms. The number of hydrogen-bond donors (Lipinski definition) is 1. The summed E-state index contributed by atoms with van der Waals surface area (Å²) in [5, 5.41) is 4.18. The molecule has 2 nitrogen and oxygen atoms in total. The van der Waals surface area contributed by atoms with Gasteiger partial charge in [-0.15, -0.1) is 0 Å². The van der Waals surface area contributed by atoms with Crippen LogP contribution in [0.15, 0.2) is 36.4 Å². The molecule has 0 saturated carbocycles. The predicted molar refractivity (Wildman–Crippen MR) is 95.8 cm³/mol. The number of rotatable bonds is 4. The highest BCUT2D eigenvalue weighted by Crippen LogP contribution is 2.34. The van der Waals surface area contributed by atoms with Crippen molar-refractivity contribution < 1.29 is 4.79 Å². The molecule has 0 fully saturated rings. The van der Waals surface area contributed by atoms with Gasteiger partial charge in [-0.1, -0.05) is 55.8 Å². The van der Waals surface area contributed by atoms with Crippen LogP contribution in [0.1, 0.15) is 30.5 Å². The van der Waals surface area contributed by atoms with Crippen molar-refractivity contribution in [2.75, 3.05) is 6.54 Å². The Labute approximate surface area is 142 Å². The van der Waals surface area contributed by atoms with E-state index >= 15 is 0 Å². The van der Waals surface area contributed by atoms with Crippen molar-refractivity contribution >= 4 is 17.4 Å². The molecule has 0 amide bonds. The predicted octanol–water partition coefficient (Wildman–Crippen LogP) is 4.42. The Morgan fingerprint density at radius 3 is 2.74 bits per heavy atom. The molecule has 2 aromatic rings. The van der Waals surface area contributed by atoms with Gasteiger partial charge in [0.15, 0.2) is 0 Å². The number of benzene rings is 2. The molecule has 0 saturated heterocycles. The number of ketones is 1. The molecule has 2 aromatic carbocycles. The largest absolute Gasteiger partial charge is 0.312 e. The van der Waals surface area contributed by atoms with Crippen LogP contribution < -0.4 is 5.32 Å². The van der Waals surface area contributed by atoms with Gasteiger partial charge in [0.05, 0.1) is 0 Å². The van der Waals surface area contributed by atoms with Crippen LogP contribution in [-0.4, -0.2) is 12.3 Å². The monoisotopic (exact) mass is 327 g/mol. The lowest BCUT2D eigenvalue weighted by molar-refractivity contribution is -0.121. The molecule has 23 heavy (non-hydrogen) atoms. The molecule has 1 heterocycles. The van der Waals surface area contributed by atoms with Gasteiger partial charge < -0.3 is 5.32 Å². The van der Waals surface area contributed by atoms with E-state index in [2.05, 4.69) is 23.5 Å². The summed E-state index contributed by atoms with van der Waals surface area (Å²) < 4.78 is 0. The second-order valence-electron chi connectivity index (χ2n) is 6.49. The lowest BCUT2D eigenvalue weighted by Crippen LogP contribution is -2.24. The van der Waals surface area contributed by atoms with Crippen LogP contribution in [0.2, 0.25) is 5.02 Å². The van der Waals surface area contributed by atoms with Crippen LogP contribution in [0, 0.1) is 5.92 Å². The third kappa shape index (κ3) is 3.49. The van der Waals surface area contributed by atoms with E-state index in [0.29, 0.717) is 6.42 Å². The van der Waals surface area contributed by atoms with Crippen LogP contribution >= 0.6 is 11.6 Å². The molecule has 1 aliphatic heterocycles. The SMILES string of the molecule is CC(C)C(=O)Cc1cc2c(c(-c3ccccc3Cl)c1)CCNC2. The number of Topliss-reactive ketones (excluding diaryl/α,β-unsaturated/α-hetero) is 1. The Balaban J connectivity index is 2.10. The summed E-state index contributed by atoms with van der Waals surface area (Å²) in [5.41, 5.74) is 5.98. The highest BCUT2D eigenvalue weighted by molar-refractivity contribution is 6.33. The van der Waals surface area contributed by atoms with Crippen molar-refractivity contribution in [3.05, 3.63) is 58.1 Å². The van der Waals surface area contributed by atoms with E-state index in [1.165, 1.54) is 16.7 Å². The first-order valence-electron chi connectivity index (χ1n) is 8.19. The zero-order valence-electron chi connectivity index (χ0n) is 13.7. The number of halogens is 1. The maximum absolute atomic E-state index is 12.2. The van der Waals surface area contributed by atoms with E-state index < -0.39 is 0 Å². The summed E-state index contributed by atoms with van der Waals surface area (Å²) >= 11 is 6.43. The first-order chi connectivity index (χ1) is 11.1. The van der Waals surface area contributed by atoms with Crippen molar-refractivity contribution in [2.24, 2.45) is 5.92 Å². The number of fused-ring (bicyclic) bond motifs is 1. The fourth-order valence-corrected chi connectivity index (χ4v) is 3.35. The van der Waals surface area contributed by atoms with Gasteiger partial charge in [0.2, 0.25) is 0 Å². The number of carbonyl (C=O) groups is 1. The summed E-state index contributed by atoms with van der Waals surface area (Å²) in [5.74, 6) is 0.340. The van der Waals surface area contributed by atoms with Gasteiger partial charge in [0, 0.05) is 29.5 Å². The summed E-state index contributed by atoms with van der Waals surface area (Å²) in [4.78, 5) is 12.2. The third-order valence-corrected chi connectivity index (χ3v) is 4.79. The average Bonchev–Trinajstić information content (AvgIpc) is 2.54. The third-order valence-electron chi connectivity index (χ3n) is 4.46. The second-order valence-corrected chi connectivity index (χ2v) is 6.89. The fourth-order valence-electron chi connectivity index (χ4n) is 3.11. The van der Waals surface area contributed by atoms with Crippen molar-refractivity contribution in [1.29, 1.82) is 0 Å². The minimum atomic E-state index is 0.0629. The molecule has 0 bridgehead atoms. The lowest BCUT2D eigenvalue weighted by Gasteiger charge is -2.23. The van der Waals surface area contributed by atoms with Gasteiger partial charge in [0.1, 0.15) is 5.78 Å². The van der Waals surface area contributed by atoms with Crippen LogP contribution in [0.5, 0.6) is 0 Å². The standard InChI is InChI=1S/C20H22ClNO/c1-13(2)20(23)11-14-9-15-12-22-8-7-16(15)18(10-14)17-5-3-4-6-19(17)21/h3-6,9-10,13,22H,7-8,11-12H2,1-2H3. The van der Waals surface area contributed by atoms with Crippen molar-refractivity contribution in [1.82, 2.24) is 5.32 Å². The van der Waals surface area contributed by atoms with Crippen LogP contribution in [0.25, 0.3) is 11.1 Å². The van der Waals surface area contributed by atoms with Gasteiger partial charge >= 0.3 is 0 Å². The molecule has 0 radical (unpaired) electrons. The summed E-state index contributed by atoms with van der Waals surface area (Å²) in [6, 6.07) is 12.3. The normalized spacial score (nSPS) is 13.9. The summed E-state index contributed by atoms with van der Waals surface area (Å²) in [7, 11) is 0. The fraction of sp³-hybridized carbons (Fsp3) is 0.350. The van der Waals surface area contributed by atoms with Gasteiger partial charge in [-0.05, 0) is 41.3 Å². The lowest BCUT2D eigenvalue weighted by atomic mass is 9.87. The number of carbonyl (C=O) groups excluding carboxylic acids is 1. The van der Waals surface area contributed by atoms with E-state index in [1.807, 2.05) is 32.0 Å². The summed E-state index contributed by atoms with van der Waals surface area (Å²) in [6.07, 6.45) is 1.48. The smallest absolute Gasteiger partial charge is 0.139 e. The molecular formula is C20H22ClNO. The molecule has 0 aliphatic carbocycles. The minimum Gasteiger partial charge on any atom is -0.312 e. The van der Waals surface area contributed by atoms with E-state index in [4.69, 9.17) is 11.6 Å². The molecule has 0 unspecified atom stereocenters. The van der Waals surface area contributed by atoms with E-state index in [-0.39, 0.29) is 11.7 Å². The quantitative estimate of drug-likeness (QED) is 0.900. The maximum Gasteiger partial charge on any atom is 0.139 e. The molecule has 3 rings (SSSR count). The van der Waals surface area contributed by atoms with Gasteiger partial charge in [-0.2, -0.15) is 0 Å². The van der Waals surface area contributed by atoms with Crippen molar-refractivity contribution in [3.63, 3.8) is 0 Å². The number of hydrogen-bond acceptors (Lipinski definition) is 2. The molecule has 0 spiro atoms. The molecule has 0 aromatic heterocycles. The maximum atomic E-state index is 12.2. The van der Waals surface area contributed by atoms with E-state index in [9.17, 15) is 4.79 Å².